The van der Waals surface area contributed by atoms with E-state index in [-0.39, 0.29) is 18.5 Å². The van der Waals surface area contributed by atoms with Crippen molar-refractivity contribution in [1.82, 2.24) is 5.32 Å². The minimum absolute atomic E-state index is 0.0232. The molecule has 0 saturated heterocycles. The predicted molar refractivity (Wildman–Crippen MR) is 361 cm³/mol. The van der Waals surface area contributed by atoms with Gasteiger partial charge in [0.25, 0.3) is 0 Å². The molecule has 2 unspecified atom stereocenters. The zero-order chi connectivity index (χ0) is 59.2. The lowest BCUT2D eigenvalue weighted by molar-refractivity contribution is -0.143. The Morgan fingerprint density at radius 1 is 0.293 bits per heavy atom. The Bertz CT molecular complexity index is 1200. The number of hydrogen-bond acceptors (Lipinski definition) is 5. The van der Waals surface area contributed by atoms with Gasteiger partial charge in [-0.25, -0.2) is 0 Å². The van der Waals surface area contributed by atoms with Crippen molar-refractivity contribution < 1.29 is 24.5 Å². The molecule has 82 heavy (non-hydrogen) atoms. The highest BCUT2D eigenvalue weighted by Gasteiger charge is 2.20. The minimum atomic E-state index is -0.661. The van der Waals surface area contributed by atoms with Gasteiger partial charge in [0.15, 0.2) is 0 Å². The molecular formula is C76H151NO5. The summed E-state index contributed by atoms with van der Waals surface area (Å²) in [4.78, 5) is 24.6. The number of unbranched alkanes of at least 4 members (excludes halogenated alkanes) is 62. The summed E-state index contributed by atoms with van der Waals surface area (Å²) in [5.74, 6) is -0.00129. The van der Waals surface area contributed by atoms with Crippen molar-refractivity contribution in [1.29, 1.82) is 0 Å². The Morgan fingerprint density at radius 3 is 0.744 bits per heavy atom. The number of carbonyl (C=O) groups excluding carboxylic acids is 2. The molecular weight excluding hydrogens is 1010 g/mol. The first-order valence-corrected chi connectivity index (χ1v) is 38.3. The molecule has 2 atom stereocenters. The molecule has 0 radical (unpaired) electrons. The molecule has 0 heterocycles. The van der Waals surface area contributed by atoms with Gasteiger partial charge in [-0.15, -0.1) is 0 Å². The molecule has 0 bridgehead atoms. The fourth-order valence-electron chi connectivity index (χ4n) is 12.6. The van der Waals surface area contributed by atoms with Crippen LogP contribution in [0.2, 0.25) is 0 Å². The smallest absolute Gasteiger partial charge is 0.305 e. The van der Waals surface area contributed by atoms with Crippen LogP contribution in [0.15, 0.2) is 0 Å². The van der Waals surface area contributed by atoms with Gasteiger partial charge in [0, 0.05) is 12.8 Å². The van der Waals surface area contributed by atoms with Crippen LogP contribution in [0.3, 0.4) is 0 Å². The van der Waals surface area contributed by atoms with Crippen LogP contribution in [-0.2, 0) is 14.3 Å². The van der Waals surface area contributed by atoms with E-state index >= 15 is 0 Å². The number of esters is 1. The second kappa shape index (κ2) is 72.3. The highest BCUT2D eigenvalue weighted by atomic mass is 16.5. The fraction of sp³-hybridized carbons (Fsp3) is 0.974. The van der Waals surface area contributed by atoms with E-state index < -0.39 is 12.1 Å². The average molecular weight is 1160 g/mol. The maximum Gasteiger partial charge on any atom is 0.305 e. The van der Waals surface area contributed by atoms with Gasteiger partial charge in [0.1, 0.15) is 0 Å². The van der Waals surface area contributed by atoms with Gasteiger partial charge in [-0.2, -0.15) is 0 Å². The van der Waals surface area contributed by atoms with Crippen molar-refractivity contribution in [2.24, 2.45) is 0 Å². The Balaban J connectivity index is 3.32. The van der Waals surface area contributed by atoms with E-state index in [0.29, 0.717) is 25.9 Å². The second-order valence-corrected chi connectivity index (χ2v) is 26.7. The number of aliphatic hydroxyl groups is 2. The molecule has 0 aromatic carbocycles. The predicted octanol–water partition coefficient (Wildman–Crippen LogP) is 24.9. The van der Waals surface area contributed by atoms with Crippen LogP contribution in [0.4, 0.5) is 0 Å². The van der Waals surface area contributed by atoms with Crippen molar-refractivity contribution in [2.75, 3.05) is 13.2 Å². The second-order valence-electron chi connectivity index (χ2n) is 26.7. The van der Waals surface area contributed by atoms with E-state index in [9.17, 15) is 19.8 Å². The lowest BCUT2D eigenvalue weighted by atomic mass is 10.0. The zero-order valence-corrected chi connectivity index (χ0v) is 56.3. The quantitative estimate of drug-likeness (QED) is 0.0417. The number of nitrogens with one attached hydrogen (secondary N) is 1. The van der Waals surface area contributed by atoms with Gasteiger partial charge in [0.2, 0.25) is 5.91 Å². The van der Waals surface area contributed by atoms with Gasteiger partial charge in [-0.3, -0.25) is 9.59 Å². The molecule has 0 rings (SSSR count). The first kappa shape index (κ1) is 80.9. The lowest BCUT2D eigenvalue weighted by Gasteiger charge is -2.22. The Labute approximate surface area is 515 Å². The summed E-state index contributed by atoms with van der Waals surface area (Å²) < 4.78 is 5.49. The first-order chi connectivity index (χ1) is 40.5. The molecule has 0 aromatic rings. The van der Waals surface area contributed by atoms with Crippen LogP contribution in [0, 0.1) is 0 Å². The molecule has 0 aliphatic rings. The van der Waals surface area contributed by atoms with Crippen LogP contribution in [0.5, 0.6) is 0 Å². The average Bonchev–Trinajstić information content (AvgIpc) is 3.48. The minimum Gasteiger partial charge on any atom is -0.466 e. The Hall–Kier alpha value is -1.14. The Morgan fingerprint density at radius 2 is 0.500 bits per heavy atom. The first-order valence-electron chi connectivity index (χ1n) is 38.3. The maximum absolute atomic E-state index is 12.6. The molecule has 1 amide bonds. The van der Waals surface area contributed by atoms with E-state index in [1.165, 1.54) is 379 Å². The van der Waals surface area contributed by atoms with E-state index in [2.05, 4.69) is 19.2 Å². The summed E-state index contributed by atoms with van der Waals surface area (Å²) in [7, 11) is 0. The molecule has 0 spiro atoms. The van der Waals surface area contributed by atoms with Gasteiger partial charge < -0.3 is 20.3 Å². The monoisotopic (exact) mass is 1160 g/mol. The molecule has 6 nitrogen and oxygen atoms in total. The van der Waals surface area contributed by atoms with Crippen LogP contribution in [0.25, 0.3) is 0 Å². The lowest BCUT2D eigenvalue weighted by Crippen LogP contribution is -2.45. The van der Waals surface area contributed by atoms with Crippen molar-refractivity contribution in [3.8, 4) is 0 Å². The van der Waals surface area contributed by atoms with Gasteiger partial charge >= 0.3 is 5.97 Å². The summed E-state index contributed by atoms with van der Waals surface area (Å²) in [6.45, 7) is 5.01. The fourth-order valence-corrected chi connectivity index (χ4v) is 12.6. The van der Waals surface area contributed by atoms with Gasteiger partial charge in [-0.05, 0) is 25.7 Å². The third-order valence-corrected chi connectivity index (χ3v) is 18.4. The van der Waals surface area contributed by atoms with Crippen molar-refractivity contribution in [3.05, 3.63) is 0 Å². The molecule has 0 aliphatic heterocycles. The van der Waals surface area contributed by atoms with E-state index in [1.54, 1.807) is 0 Å². The standard InChI is InChI=1S/C76H151NO5/c1-3-5-7-9-11-13-15-17-18-19-20-33-36-39-42-45-48-52-56-60-64-68-74(79)73(72-78)77-75(80)69-65-61-57-53-49-46-43-40-37-34-31-29-27-25-23-21-22-24-26-28-30-32-35-38-41-44-47-51-55-59-63-67-71-82-76(81)70-66-62-58-54-50-16-14-12-10-8-6-4-2/h73-74,78-79H,3-72H2,1-2H3,(H,77,80). The zero-order valence-electron chi connectivity index (χ0n) is 56.3. The summed E-state index contributed by atoms with van der Waals surface area (Å²) in [5.41, 5.74) is 0. The molecule has 3 N–H and O–H groups in total. The SMILES string of the molecule is CCCCCCCCCCCCCCCCCCCCCCCC(O)C(CO)NC(=O)CCCCCCCCCCCCCCCCCCCCCCCCCCCCCCCCCCOC(=O)CCCCCCCCCCCCCC. The highest BCUT2D eigenvalue weighted by Crippen LogP contribution is 2.20. The van der Waals surface area contributed by atoms with Crippen molar-refractivity contribution in [2.45, 2.75) is 463 Å². The topological polar surface area (TPSA) is 95.9 Å². The molecule has 0 aromatic heterocycles. The molecule has 0 saturated carbocycles. The third kappa shape index (κ3) is 68.0. The summed E-state index contributed by atoms with van der Waals surface area (Å²) in [5, 5.41) is 23.4. The van der Waals surface area contributed by atoms with Crippen molar-refractivity contribution in [3.63, 3.8) is 0 Å². The number of ether oxygens (including phenoxy) is 1. The number of carbonyl (C=O) groups is 2. The number of rotatable bonds is 73. The summed E-state index contributed by atoms with van der Waals surface area (Å²) >= 11 is 0. The highest BCUT2D eigenvalue weighted by molar-refractivity contribution is 5.76. The number of hydrogen-bond donors (Lipinski definition) is 3. The molecule has 6 heteroatoms. The molecule has 0 aliphatic carbocycles. The van der Waals surface area contributed by atoms with Crippen LogP contribution >= 0.6 is 0 Å². The summed E-state index contributed by atoms with van der Waals surface area (Å²) in [6.07, 6.45) is 89.0. The molecule has 490 valence electrons. The van der Waals surface area contributed by atoms with Crippen LogP contribution in [-0.4, -0.2) is 47.4 Å². The third-order valence-electron chi connectivity index (χ3n) is 18.4. The largest absolute Gasteiger partial charge is 0.466 e. The maximum atomic E-state index is 12.6. The van der Waals surface area contributed by atoms with Gasteiger partial charge in [-0.1, -0.05) is 412 Å². The van der Waals surface area contributed by atoms with E-state index in [4.69, 9.17) is 4.74 Å². The van der Waals surface area contributed by atoms with Crippen LogP contribution < -0.4 is 5.32 Å². The molecule has 0 fully saturated rings. The van der Waals surface area contributed by atoms with Crippen LogP contribution in [0.1, 0.15) is 450 Å². The number of aliphatic hydroxyl groups excluding tert-OH is 2. The normalized spacial score (nSPS) is 12.4. The van der Waals surface area contributed by atoms with E-state index in [1.807, 2.05) is 0 Å². The van der Waals surface area contributed by atoms with Gasteiger partial charge in [0.05, 0.1) is 25.4 Å². The number of amides is 1. The Kier molecular flexibility index (Phi) is 71.3. The van der Waals surface area contributed by atoms with E-state index in [0.717, 1.165) is 38.5 Å². The summed E-state index contributed by atoms with van der Waals surface area (Å²) in [6, 6.07) is -0.538. The van der Waals surface area contributed by atoms with Crippen molar-refractivity contribution >= 4 is 11.9 Å².